The molecule has 1 aromatic rings. The van der Waals surface area contributed by atoms with E-state index in [1.54, 1.807) is 11.8 Å². The first kappa shape index (κ1) is 14.4. The minimum Gasteiger partial charge on any atom is -0.465 e. The average Bonchev–Trinajstić information content (AvgIpc) is 2.83. The van der Waals surface area contributed by atoms with Gasteiger partial charge in [0.1, 0.15) is 5.25 Å². The number of hydrogen-bond acceptors (Lipinski definition) is 4. The Balaban J connectivity index is 2.05. The number of esters is 1. The minimum absolute atomic E-state index is 0.143. The number of fused-ring (bicyclic) bond motifs is 1. The van der Waals surface area contributed by atoms with Gasteiger partial charge in [-0.3, -0.25) is 4.79 Å². The van der Waals surface area contributed by atoms with Crippen molar-refractivity contribution in [2.75, 3.05) is 6.61 Å². The lowest BCUT2D eigenvalue weighted by Gasteiger charge is -2.35. The van der Waals surface area contributed by atoms with Crippen molar-refractivity contribution in [1.29, 1.82) is 0 Å². The average molecular weight is 301 g/mol. The van der Waals surface area contributed by atoms with Gasteiger partial charge in [0.15, 0.2) is 0 Å². The third kappa shape index (κ3) is 2.32. The molecule has 3 rings (SSSR count). The van der Waals surface area contributed by atoms with E-state index in [9.17, 15) is 4.79 Å². The molecule has 1 aliphatic carbocycles. The Labute approximate surface area is 129 Å². The van der Waals surface area contributed by atoms with Crippen molar-refractivity contribution in [3.05, 3.63) is 59.0 Å². The summed E-state index contributed by atoms with van der Waals surface area (Å²) < 4.78 is 5.26. The molecular weight excluding hydrogens is 282 g/mol. The Morgan fingerprint density at radius 1 is 1.43 bits per heavy atom. The summed E-state index contributed by atoms with van der Waals surface area (Å²) in [6.07, 6.45) is 7.09. The molecule has 1 aromatic carbocycles. The summed E-state index contributed by atoms with van der Waals surface area (Å²) in [5.74, 6) is -0.0755. The third-order valence-corrected chi connectivity index (χ3v) is 5.66. The van der Waals surface area contributed by atoms with E-state index in [0.29, 0.717) is 6.61 Å². The van der Waals surface area contributed by atoms with Crippen LogP contribution >= 0.6 is 11.8 Å². The molecule has 0 amide bonds. The minimum atomic E-state index is -0.714. The van der Waals surface area contributed by atoms with Gasteiger partial charge >= 0.3 is 5.97 Å². The lowest BCUT2D eigenvalue weighted by atomic mass is 9.73. The van der Waals surface area contributed by atoms with E-state index >= 15 is 0 Å². The lowest BCUT2D eigenvalue weighted by Crippen LogP contribution is -2.52. The van der Waals surface area contributed by atoms with Gasteiger partial charge in [-0.2, -0.15) is 0 Å². The SMILES string of the molecule is CCOC(=O)[C@H]1SC2=CC=CC[C@H]2[C@]1(N)c1ccccc1. The van der Waals surface area contributed by atoms with Gasteiger partial charge < -0.3 is 10.5 Å². The first-order valence-electron chi connectivity index (χ1n) is 7.22. The maximum absolute atomic E-state index is 12.4. The summed E-state index contributed by atoms with van der Waals surface area (Å²) in [5.41, 5.74) is 7.10. The number of carbonyl (C=O) groups excluding carboxylic acids is 1. The van der Waals surface area contributed by atoms with E-state index in [1.165, 1.54) is 4.91 Å². The fraction of sp³-hybridized carbons (Fsp3) is 0.353. The molecule has 0 aromatic heterocycles. The Bertz CT molecular complexity index is 596. The first-order valence-corrected chi connectivity index (χ1v) is 8.10. The summed E-state index contributed by atoms with van der Waals surface area (Å²) in [4.78, 5) is 13.6. The van der Waals surface area contributed by atoms with E-state index in [-0.39, 0.29) is 11.9 Å². The molecule has 1 saturated heterocycles. The Kier molecular flexibility index (Phi) is 3.91. The Morgan fingerprint density at radius 2 is 2.19 bits per heavy atom. The van der Waals surface area contributed by atoms with Crippen LogP contribution in [-0.4, -0.2) is 17.8 Å². The molecule has 1 fully saturated rings. The molecule has 0 spiro atoms. The van der Waals surface area contributed by atoms with Gasteiger partial charge in [0.05, 0.1) is 12.1 Å². The van der Waals surface area contributed by atoms with E-state index in [2.05, 4.69) is 12.2 Å². The second-order valence-corrected chi connectivity index (χ2v) is 6.51. The van der Waals surface area contributed by atoms with Crippen molar-refractivity contribution in [1.82, 2.24) is 0 Å². The summed E-state index contributed by atoms with van der Waals surface area (Å²) in [6.45, 7) is 2.20. The molecule has 0 radical (unpaired) electrons. The zero-order valence-electron chi connectivity index (χ0n) is 12.0. The van der Waals surface area contributed by atoms with Crippen LogP contribution in [0.4, 0.5) is 0 Å². The van der Waals surface area contributed by atoms with Gasteiger partial charge in [0, 0.05) is 5.92 Å². The van der Waals surface area contributed by atoms with Crippen LogP contribution < -0.4 is 5.73 Å². The second kappa shape index (κ2) is 5.70. The van der Waals surface area contributed by atoms with Crippen molar-refractivity contribution in [3.63, 3.8) is 0 Å². The van der Waals surface area contributed by atoms with Gasteiger partial charge in [0.2, 0.25) is 0 Å². The van der Waals surface area contributed by atoms with Crippen LogP contribution in [0.25, 0.3) is 0 Å². The van der Waals surface area contributed by atoms with Crippen LogP contribution in [-0.2, 0) is 15.1 Å². The van der Waals surface area contributed by atoms with Gasteiger partial charge in [-0.1, -0.05) is 48.6 Å². The highest BCUT2D eigenvalue weighted by molar-refractivity contribution is 8.04. The van der Waals surface area contributed by atoms with Crippen LogP contribution in [0.3, 0.4) is 0 Å². The molecule has 1 heterocycles. The summed E-state index contributed by atoms with van der Waals surface area (Å²) in [6, 6.07) is 9.92. The van der Waals surface area contributed by atoms with Crippen molar-refractivity contribution < 1.29 is 9.53 Å². The Hall–Kier alpha value is -1.52. The predicted molar refractivity (Wildman–Crippen MR) is 85.6 cm³/mol. The van der Waals surface area contributed by atoms with Gasteiger partial charge in [-0.05, 0) is 23.8 Å². The van der Waals surface area contributed by atoms with Crippen LogP contribution in [0.1, 0.15) is 18.9 Å². The molecule has 0 bridgehead atoms. The molecule has 4 heteroatoms. The van der Waals surface area contributed by atoms with Gasteiger partial charge in [-0.25, -0.2) is 0 Å². The van der Waals surface area contributed by atoms with E-state index < -0.39 is 10.8 Å². The Morgan fingerprint density at radius 3 is 2.90 bits per heavy atom. The number of rotatable bonds is 3. The number of allylic oxidation sites excluding steroid dienone is 3. The summed E-state index contributed by atoms with van der Waals surface area (Å²) in [7, 11) is 0. The zero-order chi connectivity index (χ0) is 14.9. The largest absolute Gasteiger partial charge is 0.465 e. The van der Waals surface area contributed by atoms with Crippen LogP contribution in [0.2, 0.25) is 0 Å². The predicted octanol–water partition coefficient (Wildman–Crippen LogP) is 2.98. The second-order valence-electron chi connectivity index (χ2n) is 5.33. The molecule has 1 aliphatic heterocycles. The van der Waals surface area contributed by atoms with Crippen LogP contribution in [0.15, 0.2) is 53.5 Å². The zero-order valence-corrected chi connectivity index (χ0v) is 12.8. The number of carbonyl (C=O) groups is 1. The van der Waals surface area contributed by atoms with Crippen molar-refractivity contribution >= 4 is 17.7 Å². The van der Waals surface area contributed by atoms with Crippen molar-refractivity contribution in [2.24, 2.45) is 11.7 Å². The number of nitrogens with two attached hydrogens (primary N) is 1. The molecule has 110 valence electrons. The van der Waals surface area contributed by atoms with E-state index in [4.69, 9.17) is 10.5 Å². The number of benzene rings is 1. The maximum Gasteiger partial charge on any atom is 0.321 e. The molecule has 2 N–H and O–H groups in total. The van der Waals surface area contributed by atoms with Gasteiger partial charge in [-0.15, -0.1) is 11.8 Å². The fourth-order valence-corrected chi connectivity index (χ4v) is 4.66. The fourth-order valence-electron chi connectivity index (χ4n) is 3.12. The van der Waals surface area contributed by atoms with Crippen LogP contribution in [0, 0.1) is 5.92 Å². The van der Waals surface area contributed by atoms with Gasteiger partial charge in [0.25, 0.3) is 0 Å². The third-order valence-electron chi connectivity index (χ3n) is 4.15. The molecule has 3 nitrogen and oxygen atoms in total. The highest BCUT2D eigenvalue weighted by Crippen LogP contribution is 2.55. The van der Waals surface area contributed by atoms with E-state index in [1.807, 2.05) is 43.3 Å². The van der Waals surface area contributed by atoms with Crippen molar-refractivity contribution in [2.45, 2.75) is 24.1 Å². The quantitative estimate of drug-likeness (QED) is 0.872. The normalized spacial score (nSPS) is 30.7. The molecule has 2 aliphatic rings. The molecule has 21 heavy (non-hydrogen) atoms. The standard InChI is InChI=1S/C17H19NO2S/c1-2-20-16(19)15-17(18,12-8-4-3-5-9-12)13-10-6-7-11-14(13)21-15/h3-9,11,13,15H,2,10,18H2,1H3/t13-,15-,17-/m1/s1. The van der Waals surface area contributed by atoms with Crippen molar-refractivity contribution in [3.8, 4) is 0 Å². The monoisotopic (exact) mass is 301 g/mol. The smallest absolute Gasteiger partial charge is 0.321 e. The molecule has 0 unspecified atom stereocenters. The maximum atomic E-state index is 12.4. The summed E-state index contributed by atoms with van der Waals surface area (Å²) in [5, 5.41) is -0.393. The number of thioether (sulfide) groups is 1. The summed E-state index contributed by atoms with van der Waals surface area (Å²) >= 11 is 1.55. The lowest BCUT2D eigenvalue weighted by molar-refractivity contribution is -0.144. The molecule has 3 atom stereocenters. The number of hydrogen-bond donors (Lipinski definition) is 1. The highest BCUT2D eigenvalue weighted by Gasteiger charge is 2.55. The number of ether oxygens (including phenoxy) is 1. The molecule has 0 saturated carbocycles. The highest BCUT2D eigenvalue weighted by atomic mass is 32.2. The van der Waals surface area contributed by atoms with Crippen LogP contribution in [0.5, 0.6) is 0 Å². The van der Waals surface area contributed by atoms with E-state index in [0.717, 1.165) is 12.0 Å². The molecular formula is C17H19NO2S. The first-order chi connectivity index (χ1) is 10.2. The topological polar surface area (TPSA) is 52.3 Å².